The molecule has 0 radical (unpaired) electrons. The van der Waals surface area contributed by atoms with Gasteiger partial charge in [-0.15, -0.1) is 0 Å². The van der Waals surface area contributed by atoms with E-state index in [1.165, 1.54) is 0 Å². The molecule has 1 saturated heterocycles. The fraction of sp³-hybridized carbons (Fsp3) is 0.250. The van der Waals surface area contributed by atoms with Crippen LogP contribution in [-0.2, 0) is 0 Å². The van der Waals surface area contributed by atoms with Crippen molar-refractivity contribution >= 4 is 5.91 Å². The van der Waals surface area contributed by atoms with Crippen molar-refractivity contribution in [2.45, 2.75) is 0 Å². The van der Waals surface area contributed by atoms with Crippen LogP contribution in [0.25, 0.3) is 11.1 Å². The summed E-state index contributed by atoms with van der Waals surface area (Å²) in [6, 6.07) is 8.76. The maximum atomic E-state index is 12.5. The number of carbonyl (C=O) groups is 1. The molecule has 2 N–H and O–H groups in total. The first-order valence-corrected chi connectivity index (χ1v) is 6.98. The first kappa shape index (κ1) is 13.6. The highest BCUT2D eigenvalue weighted by Crippen LogP contribution is 2.23. The summed E-state index contributed by atoms with van der Waals surface area (Å²) >= 11 is 0. The van der Waals surface area contributed by atoms with Crippen molar-refractivity contribution in [2.24, 2.45) is 0 Å². The average molecular weight is 283 g/mol. The molecule has 0 aliphatic carbocycles. The lowest BCUT2D eigenvalue weighted by atomic mass is 10.1. The van der Waals surface area contributed by atoms with Crippen molar-refractivity contribution < 1.29 is 9.90 Å². The molecule has 3 rings (SSSR count). The Morgan fingerprint density at radius 2 is 1.95 bits per heavy atom. The van der Waals surface area contributed by atoms with E-state index in [2.05, 4.69) is 10.3 Å². The number of pyridine rings is 1. The third-order valence-electron chi connectivity index (χ3n) is 3.57. The van der Waals surface area contributed by atoms with Gasteiger partial charge < -0.3 is 15.3 Å². The van der Waals surface area contributed by atoms with Gasteiger partial charge in [0.15, 0.2) is 0 Å². The van der Waals surface area contributed by atoms with Gasteiger partial charge in [-0.1, -0.05) is 12.1 Å². The van der Waals surface area contributed by atoms with Gasteiger partial charge in [-0.25, -0.2) is 0 Å². The standard InChI is InChI=1S/C16H17N3O2/c20-15-3-1-2-12(9-15)13-8-14(11-18-10-13)16(21)19-6-4-17-5-7-19/h1-3,8-11,17,20H,4-7H2. The number of hydrogen-bond acceptors (Lipinski definition) is 4. The van der Waals surface area contributed by atoms with E-state index in [0.717, 1.165) is 37.3 Å². The maximum absolute atomic E-state index is 12.5. The lowest BCUT2D eigenvalue weighted by Crippen LogP contribution is -2.46. The van der Waals surface area contributed by atoms with Crippen LogP contribution in [0.5, 0.6) is 5.75 Å². The van der Waals surface area contributed by atoms with E-state index in [4.69, 9.17) is 0 Å². The number of rotatable bonds is 2. The lowest BCUT2D eigenvalue weighted by molar-refractivity contribution is 0.0735. The number of benzene rings is 1. The number of nitrogens with zero attached hydrogens (tertiary/aromatic N) is 2. The minimum Gasteiger partial charge on any atom is -0.508 e. The third kappa shape index (κ3) is 3.03. The van der Waals surface area contributed by atoms with Gasteiger partial charge in [-0.05, 0) is 23.8 Å². The van der Waals surface area contributed by atoms with E-state index in [1.54, 1.807) is 30.6 Å². The summed E-state index contributed by atoms with van der Waals surface area (Å²) in [6.45, 7) is 3.08. The van der Waals surface area contributed by atoms with Crippen molar-refractivity contribution in [3.05, 3.63) is 48.3 Å². The zero-order valence-electron chi connectivity index (χ0n) is 11.6. The van der Waals surface area contributed by atoms with E-state index in [-0.39, 0.29) is 11.7 Å². The van der Waals surface area contributed by atoms with Gasteiger partial charge in [0.2, 0.25) is 0 Å². The highest BCUT2D eigenvalue weighted by Gasteiger charge is 2.18. The van der Waals surface area contributed by atoms with Gasteiger partial charge >= 0.3 is 0 Å². The number of piperazine rings is 1. The van der Waals surface area contributed by atoms with Crippen molar-refractivity contribution in [3.63, 3.8) is 0 Å². The summed E-state index contributed by atoms with van der Waals surface area (Å²) in [5, 5.41) is 12.8. The largest absolute Gasteiger partial charge is 0.508 e. The Balaban J connectivity index is 1.87. The van der Waals surface area contributed by atoms with E-state index < -0.39 is 0 Å². The Hall–Kier alpha value is -2.40. The summed E-state index contributed by atoms with van der Waals surface area (Å²) < 4.78 is 0. The average Bonchev–Trinajstić information content (AvgIpc) is 2.55. The molecule has 5 nitrogen and oxygen atoms in total. The predicted molar refractivity (Wildman–Crippen MR) is 80.1 cm³/mol. The summed E-state index contributed by atoms with van der Waals surface area (Å²) in [4.78, 5) is 18.5. The molecule has 0 bridgehead atoms. The number of amides is 1. The predicted octanol–water partition coefficient (Wildman–Crippen LogP) is 1.50. The molecule has 108 valence electrons. The van der Waals surface area contributed by atoms with Crippen molar-refractivity contribution in [1.29, 1.82) is 0 Å². The molecule has 1 amide bonds. The Kier molecular flexibility index (Phi) is 3.83. The van der Waals surface area contributed by atoms with E-state index in [0.29, 0.717) is 5.56 Å². The van der Waals surface area contributed by atoms with Crippen molar-refractivity contribution in [2.75, 3.05) is 26.2 Å². The molecule has 2 heterocycles. The number of nitrogens with one attached hydrogen (secondary N) is 1. The quantitative estimate of drug-likeness (QED) is 0.876. The van der Waals surface area contributed by atoms with Crippen LogP contribution in [-0.4, -0.2) is 47.1 Å². The molecule has 1 aliphatic rings. The number of phenols is 1. The minimum absolute atomic E-state index is 0.00556. The smallest absolute Gasteiger partial charge is 0.255 e. The molecule has 0 saturated carbocycles. The number of hydrogen-bond donors (Lipinski definition) is 2. The lowest BCUT2D eigenvalue weighted by Gasteiger charge is -2.27. The van der Waals surface area contributed by atoms with Gasteiger partial charge in [-0.3, -0.25) is 9.78 Å². The number of aromatic hydroxyl groups is 1. The monoisotopic (exact) mass is 283 g/mol. The molecular formula is C16H17N3O2. The zero-order valence-corrected chi connectivity index (χ0v) is 11.6. The summed E-state index contributed by atoms with van der Waals surface area (Å²) in [7, 11) is 0. The van der Waals surface area contributed by atoms with Crippen LogP contribution in [0, 0.1) is 0 Å². The second-order valence-electron chi connectivity index (χ2n) is 5.05. The van der Waals surface area contributed by atoms with Gasteiger partial charge in [0, 0.05) is 44.1 Å². The van der Waals surface area contributed by atoms with Crippen LogP contribution in [0.2, 0.25) is 0 Å². The summed E-state index contributed by atoms with van der Waals surface area (Å²) in [5.41, 5.74) is 2.25. The highest BCUT2D eigenvalue weighted by atomic mass is 16.3. The molecular weight excluding hydrogens is 266 g/mol. The molecule has 0 unspecified atom stereocenters. The highest BCUT2D eigenvalue weighted by molar-refractivity contribution is 5.95. The molecule has 21 heavy (non-hydrogen) atoms. The van der Waals surface area contributed by atoms with Crippen LogP contribution in [0.4, 0.5) is 0 Å². The molecule has 1 aromatic carbocycles. The molecule has 1 aliphatic heterocycles. The van der Waals surface area contributed by atoms with E-state index in [9.17, 15) is 9.90 Å². The normalized spacial score (nSPS) is 15.0. The van der Waals surface area contributed by atoms with Gasteiger partial charge in [0.1, 0.15) is 5.75 Å². The molecule has 0 atom stereocenters. The Morgan fingerprint density at radius 1 is 1.14 bits per heavy atom. The fourth-order valence-electron chi connectivity index (χ4n) is 2.45. The van der Waals surface area contributed by atoms with E-state index in [1.807, 2.05) is 17.0 Å². The first-order chi connectivity index (χ1) is 10.2. The third-order valence-corrected chi connectivity index (χ3v) is 3.57. The van der Waals surface area contributed by atoms with Crippen LogP contribution in [0.3, 0.4) is 0 Å². The van der Waals surface area contributed by atoms with Gasteiger partial charge in [0.25, 0.3) is 5.91 Å². The Morgan fingerprint density at radius 3 is 2.71 bits per heavy atom. The molecule has 2 aromatic rings. The first-order valence-electron chi connectivity index (χ1n) is 6.98. The summed E-state index contributed by atoms with van der Waals surface area (Å²) in [6.07, 6.45) is 3.29. The SMILES string of the molecule is O=C(c1cncc(-c2cccc(O)c2)c1)N1CCNCC1. The number of phenolic OH excluding ortho intramolecular Hbond substituents is 1. The van der Waals surface area contributed by atoms with Crippen molar-refractivity contribution in [1.82, 2.24) is 15.2 Å². The van der Waals surface area contributed by atoms with Crippen molar-refractivity contribution in [3.8, 4) is 16.9 Å². The van der Waals surface area contributed by atoms with Crippen LogP contribution >= 0.6 is 0 Å². The van der Waals surface area contributed by atoms with Crippen LogP contribution in [0.1, 0.15) is 10.4 Å². The number of aromatic nitrogens is 1. The number of carbonyl (C=O) groups excluding carboxylic acids is 1. The van der Waals surface area contributed by atoms with Crippen LogP contribution in [0.15, 0.2) is 42.7 Å². The molecule has 1 fully saturated rings. The second-order valence-corrected chi connectivity index (χ2v) is 5.05. The Labute approximate surface area is 123 Å². The van der Waals surface area contributed by atoms with E-state index >= 15 is 0 Å². The van der Waals surface area contributed by atoms with Crippen LogP contribution < -0.4 is 5.32 Å². The zero-order chi connectivity index (χ0) is 14.7. The van der Waals surface area contributed by atoms with Gasteiger partial charge in [-0.2, -0.15) is 0 Å². The fourth-order valence-corrected chi connectivity index (χ4v) is 2.45. The second kappa shape index (κ2) is 5.93. The molecule has 0 spiro atoms. The summed E-state index contributed by atoms with van der Waals surface area (Å²) in [5.74, 6) is 0.206. The van der Waals surface area contributed by atoms with Gasteiger partial charge in [0.05, 0.1) is 5.56 Å². The maximum Gasteiger partial charge on any atom is 0.255 e. The minimum atomic E-state index is 0.00556. The Bertz CT molecular complexity index is 651. The molecule has 1 aromatic heterocycles. The molecule has 5 heteroatoms. The topological polar surface area (TPSA) is 65.5 Å².